The van der Waals surface area contributed by atoms with Gasteiger partial charge in [-0.15, -0.1) is 0 Å². The molecule has 0 N–H and O–H groups in total. The number of hydrogen-bond donors (Lipinski definition) is 0. The molecule has 0 spiro atoms. The second kappa shape index (κ2) is 8.05. The molecule has 0 fully saturated rings. The fourth-order valence-corrected chi connectivity index (χ4v) is 1.62. The maximum absolute atomic E-state index is 5.22. The first-order chi connectivity index (χ1) is 7.17. The van der Waals surface area contributed by atoms with Gasteiger partial charge >= 0.3 is 0 Å². The van der Waals surface area contributed by atoms with Crippen LogP contribution in [0.4, 0.5) is 0 Å². The van der Waals surface area contributed by atoms with E-state index in [9.17, 15) is 0 Å². The first kappa shape index (κ1) is 14.8. The van der Waals surface area contributed by atoms with E-state index in [0.29, 0.717) is 0 Å². The summed E-state index contributed by atoms with van der Waals surface area (Å²) >= 11 is 0. The van der Waals surface area contributed by atoms with Crippen LogP contribution in [0.1, 0.15) is 26.7 Å². The highest BCUT2D eigenvalue weighted by molar-refractivity contribution is 4.59. The Balaban J connectivity index is 3.89. The van der Waals surface area contributed by atoms with Crippen LogP contribution < -0.4 is 0 Å². The summed E-state index contributed by atoms with van der Waals surface area (Å²) in [6, 6.07) is 0. The molecule has 0 rings (SSSR count). The minimum atomic E-state index is -0.868. The molecule has 0 atom stereocenters. The lowest BCUT2D eigenvalue weighted by Gasteiger charge is -2.29. The molecule has 0 radical (unpaired) electrons. The number of ether oxygens (including phenoxy) is 3. The van der Waals surface area contributed by atoms with Crippen molar-refractivity contribution in [3.63, 3.8) is 0 Å². The Hall–Kier alpha value is -0.160. The van der Waals surface area contributed by atoms with Crippen LogP contribution in [-0.2, 0) is 14.2 Å². The Morgan fingerprint density at radius 2 is 1.40 bits per heavy atom. The van der Waals surface area contributed by atoms with E-state index in [2.05, 4.69) is 18.7 Å². The van der Waals surface area contributed by atoms with E-state index in [0.717, 1.165) is 32.5 Å². The van der Waals surface area contributed by atoms with Crippen molar-refractivity contribution in [3.05, 3.63) is 0 Å². The van der Waals surface area contributed by atoms with Gasteiger partial charge in [0.1, 0.15) is 0 Å². The van der Waals surface area contributed by atoms with Crippen LogP contribution in [0.5, 0.6) is 0 Å². The van der Waals surface area contributed by atoms with E-state index in [4.69, 9.17) is 14.2 Å². The first-order valence-electron chi connectivity index (χ1n) is 5.55. The molecule has 92 valence electrons. The molecule has 0 aromatic carbocycles. The maximum atomic E-state index is 5.22. The smallest absolute Gasteiger partial charge is 0.282 e. The molecule has 0 saturated carbocycles. The van der Waals surface area contributed by atoms with Crippen LogP contribution >= 0.6 is 0 Å². The number of nitrogens with zero attached hydrogens (tertiary/aromatic N) is 1. The summed E-state index contributed by atoms with van der Waals surface area (Å²) in [5, 5.41) is 0. The fraction of sp³-hybridized carbons (Fsp3) is 1.00. The molecule has 0 aromatic rings. The third kappa shape index (κ3) is 4.93. The van der Waals surface area contributed by atoms with E-state index in [1.807, 2.05) is 0 Å². The predicted molar refractivity (Wildman–Crippen MR) is 60.8 cm³/mol. The summed E-state index contributed by atoms with van der Waals surface area (Å²) in [6.45, 7) is 7.54. The molecule has 0 amide bonds. The lowest BCUT2D eigenvalue weighted by Crippen LogP contribution is -2.37. The first-order valence-corrected chi connectivity index (χ1v) is 5.55. The molecule has 4 nitrogen and oxygen atoms in total. The van der Waals surface area contributed by atoms with Gasteiger partial charge in [-0.2, -0.15) is 0 Å². The highest BCUT2D eigenvalue weighted by Crippen LogP contribution is 2.19. The van der Waals surface area contributed by atoms with Crippen LogP contribution in [0.25, 0.3) is 0 Å². The summed E-state index contributed by atoms with van der Waals surface area (Å²) in [5.41, 5.74) is 0. The molecular formula is C11H25NO3. The van der Waals surface area contributed by atoms with Gasteiger partial charge in [-0.05, 0) is 26.1 Å². The normalized spacial score (nSPS) is 12.4. The minimum Gasteiger partial charge on any atom is -0.331 e. The molecule has 4 heteroatoms. The van der Waals surface area contributed by atoms with Gasteiger partial charge in [-0.3, -0.25) is 0 Å². The highest BCUT2D eigenvalue weighted by Gasteiger charge is 2.28. The fourth-order valence-electron chi connectivity index (χ4n) is 1.62. The van der Waals surface area contributed by atoms with E-state index in [-0.39, 0.29) is 0 Å². The molecule has 0 bridgehead atoms. The zero-order chi connectivity index (χ0) is 11.7. The molecule has 0 saturated heterocycles. The van der Waals surface area contributed by atoms with Crippen molar-refractivity contribution in [2.75, 3.05) is 41.0 Å². The Morgan fingerprint density at radius 1 is 0.933 bits per heavy atom. The van der Waals surface area contributed by atoms with Gasteiger partial charge < -0.3 is 19.1 Å². The summed E-state index contributed by atoms with van der Waals surface area (Å²) in [6.07, 6.45) is 1.74. The van der Waals surface area contributed by atoms with Gasteiger partial charge in [0.25, 0.3) is 5.97 Å². The Bertz CT molecular complexity index is 137. The molecule has 0 heterocycles. The largest absolute Gasteiger partial charge is 0.331 e. The van der Waals surface area contributed by atoms with Gasteiger partial charge in [-0.25, -0.2) is 0 Å². The summed E-state index contributed by atoms with van der Waals surface area (Å²) in [5.74, 6) is -0.868. The Labute approximate surface area is 93.5 Å². The van der Waals surface area contributed by atoms with Gasteiger partial charge in [0, 0.05) is 27.8 Å². The highest BCUT2D eigenvalue weighted by atomic mass is 16.9. The van der Waals surface area contributed by atoms with Crippen molar-refractivity contribution in [3.8, 4) is 0 Å². The van der Waals surface area contributed by atoms with Crippen molar-refractivity contribution in [2.45, 2.75) is 32.7 Å². The second-order valence-electron chi connectivity index (χ2n) is 3.43. The minimum absolute atomic E-state index is 0.743. The van der Waals surface area contributed by atoms with Crippen LogP contribution in [0, 0.1) is 0 Å². The topological polar surface area (TPSA) is 30.9 Å². The number of methoxy groups -OCH3 is 3. The van der Waals surface area contributed by atoms with Gasteiger partial charge in [0.15, 0.2) is 0 Å². The molecule has 0 aliphatic carbocycles. The summed E-state index contributed by atoms with van der Waals surface area (Å²) in [4.78, 5) is 2.37. The molecule has 0 unspecified atom stereocenters. The van der Waals surface area contributed by atoms with Crippen LogP contribution in [-0.4, -0.2) is 51.8 Å². The van der Waals surface area contributed by atoms with E-state index in [1.165, 1.54) is 0 Å². The lowest BCUT2D eigenvalue weighted by atomic mass is 10.2. The van der Waals surface area contributed by atoms with E-state index in [1.54, 1.807) is 21.3 Å². The van der Waals surface area contributed by atoms with E-state index >= 15 is 0 Å². The second-order valence-corrected chi connectivity index (χ2v) is 3.43. The molecule has 0 aliphatic rings. The number of rotatable bonds is 9. The Morgan fingerprint density at radius 3 is 1.73 bits per heavy atom. The third-order valence-corrected chi connectivity index (χ3v) is 2.78. The zero-order valence-corrected chi connectivity index (χ0v) is 10.7. The van der Waals surface area contributed by atoms with Gasteiger partial charge in [0.2, 0.25) is 0 Å². The van der Waals surface area contributed by atoms with Crippen LogP contribution in [0.2, 0.25) is 0 Å². The monoisotopic (exact) mass is 219 g/mol. The lowest BCUT2D eigenvalue weighted by molar-refractivity contribution is -0.355. The van der Waals surface area contributed by atoms with Crippen molar-refractivity contribution in [1.82, 2.24) is 4.90 Å². The van der Waals surface area contributed by atoms with Crippen LogP contribution in [0.15, 0.2) is 0 Å². The zero-order valence-electron chi connectivity index (χ0n) is 10.7. The summed E-state index contributed by atoms with van der Waals surface area (Å²) < 4.78 is 15.7. The average molecular weight is 219 g/mol. The van der Waals surface area contributed by atoms with Crippen molar-refractivity contribution in [2.24, 2.45) is 0 Å². The van der Waals surface area contributed by atoms with Crippen molar-refractivity contribution < 1.29 is 14.2 Å². The average Bonchev–Trinajstić information content (AvgIpc) is 2.31. The third-order valence-electron chi connectivity index (χ3n) is 2.78. The molecular weight excluding hydrogens is 194 g/mol. The van der Waals surface area contributed by atoms with Crippen molar-refractivity contribution in [1.29, 1.82) is 0 Å². The standard InChI is InChI=1S/C11H25NO3/c1-6-12(7-2)10-8-9-11(13-3,14-4)15-5/h6-10H2,1-5H3. The molecule has 0 aliphatic heterocycles. The SMILES string of the molecule is CCN(CC)CCCC(OC)(OC)OC. The van der Waals surface area contributed by atoms with E-state index < -0.39 is 5.97 Å². The summed E-state index contributed by atoms with van der Waals surface area (Å²) in [7, 11) is 4.80. The Kier molecular flexibility index (Phi) is 7.96. The van der Waals surface area contributed by atoms with Gasteiger partial charge in [-0.1, -0.05) is 13.8 Å². The maximum Gasteiger partial charge on any atom is 0.282 e. The number of hydrogen-bond acceptors (Lipinski definition) is 4. The van der Waals surface area contributed by atoms with Gasteiger partial charge in [0.05, 0.1) is 0 Å². The van der Waals surface area contributed by atoms with Crippen molar-refractivity contribution >= 4 is 0 Å². The van der Waals surface area contributed by atoms with Crippen LogP contribution in [0.3, 0.4) is 0 Å². The molecule has 15 heavy (non-hydrogen) atoms. The predicted octanol–water partition coefficient (Wildman–Crippen LogP) is 1.70. The molecule has 0 aromatic heterocycles. The quantitative estimate of drug-likeness (QED) is 0.552.